The fourth-order valence-corrected chi connectivity index (χ4v) is 2.56. The van der Waals surface area contributed by atoms with Gasteiger partial charge in [-0.05, 0) is 36.2 Å². The number of ether oxygens (including phenoxy) is 1. The highest BCUT2D eigenvalue weighted by Gasteiger charge is 2.08. The van der Waals surface area contributed by atoms with Crippen LogP contribution in [0.15, 0.2) is 53.5 Å². The highest BCUT2D eigenvalue weighted by molar-refractivity contribution is 14.0. The number of rotatable bonds is 8. The van der Waals surface area contributed by atoms with Crippen molar-refractivity contribution >= 4 is 35.8 Å². The minimum absolute atomic E-state index is 0. The smallest absolute Gasteiger partial charge is 0.253 e. The first kappa shape index (κ1) is 24.7. The SMILES string of the molecule is CN=C(NCCOc1cccc(F)c1)NCCc1cccc(C(=O)N(C)C)c1.I. The van der Waals surface area contributed by atoms with Gasteiger partial charge in [0.1, 0.15) is 18.2 Å². The number of halogens is 2. The monoisotopic (exact) mass is 514 g/mol. The van der Waals surface area contributed by atoms with Crippen molar-refractivity contribution in [2.24, 2.45) is 4.99 Å². The molecule has 29 heavy (non-hydrogen) atoms. The van der Waals surface area contributed by atoms with Gasteiger partial charge in [0.05, 0.1) is 6.54 Å². The first-order valence-corrected chi connectivity index (χ1v) is 9.13. The van der Waals surface area contributed by atoms with Crippen LogP contribution in [0.1, 0.15) is 15.9 Å². The minimum atomic E-state index is -0.320. The molecule has 2 N–H and O–H groups in total. The summed E-state index contributed by atoms with van der Waals surface area (Å²) < 4.78 is 18.6. The second kappa shape index (κ2) is 13.0. The molecule has 0 fully saturated rings. The second-order valence-corrected chi connectivity index (χ2v) is 6.38. The number of nitrogens with zero attached hydrogens (tertiary/aromatic N) is 2. The van der Waals surface area contributed by atoms with Crippen LogP contribution in [0.25, 0.3) is 0 Å². The Hall–Kier alpha value is -2.36. The van der Waals surface area contributed by atoms with E-state index >= 15 is 0 Å². The van der Waals surface area contributed by atoms with Crippen LogP contribution < -0.4 is 15.4 Å². The van der Waals surface area contributed by atoms with Gasteiger partial charge < -0.3 is 20.3 Å². The Morgan fingerprint density at radius 2 is 1.83 bits per heavy atom. The van der Waals surface area contributed by atoms with Gasteiger partial charge in [-0.15, -0.1) is 24.0 Å². The van der Waals surface area contributed by atoms with Crippen LogP contribution in [-0.4, -0.2) is 57.6 Å². The predicted octanol–water partition coefficient (Wildman–Crippen LogP) is 2.93. The van der Waals surface area contributed by atoms with Gasteiger partial charge in [-0.3, -0.25) is 9.79 Å². The Morgan fingerprint density at radius 3 is 2.52 bits per heavy atom. The summed E-state index contributed by atoms with van der Waals surface area (Å²) >= 11 is 0. The summed E-state index contributed by atoms with van der Waals surface area (Å²) in [6.07, 6.45) is 0.759. The lowest BCUT2D eigenvalue weighted by Gasteiger charge is -2.13. The fraction of sp³-hybridized carbons (Fsp3) is 0.333. The van der Waals surface area contributed by atoms with E-state index in [1.165, 1.54) is 12.1 Å². The van der Waals surface area contributed by atoms with E-state index in [1.54, 1.807) is 38.2 Å². The molecular formula is C21H28FIN4O2. The van der Waals surface area contributed by atoms with Crippen molar-refractivity contribution in [2.75, 3.05) is 40.8 Å². The maximum atomic E-state index is 13.1. The van der Waals surface area contributed by atoms with Crippen LogP contribution >= 0.6 is 24.0 Å². The van der Waals surface area contributed by atoms with Crippen molar-refractivity contribution in [3.63, 3.8) is 0 Å². The lowest BCUT2D eigenvalue weighted by Crippen LogP contribution is -2.40. The number of benzene rings is 2. The third-order valence-corrected chi connectivity index (χ3v) is 3.97. The van der Waals surface area contributed by atoms with Gasteiger partial charge in [0, 0.05) is 39.3 Å². The molecule has 0 saturated heterocycles. The summed E-state index contributed by atoms with van der Waals surface area (Å²) in [5.74, 6) is 0.824. The first-order valence-electron chi connectivity index (χ1n) is 9.13. The normalized spacial score (nSPS) is 10.7. The molecule has 0 radical (unpaired) electrons. The van der Waals surface area contributed by atoms with E-state index < -0.39 is 0 Å². The number of hydrogen-bond acceptors (Lipinski definition) is 3. The summed E-state index contributed by atoms with van der Waals surface area (Å²) in [5.41, 5.74) is 1.75. The topological polar surface area (TPSA) is 66.0 Å². The maximum Gasteiger partial charge on any atom is 0.253 e. The second-order valence-electron chi connectivity index (χ2n) is 6.38. The molecule has 0 aliphatic heterocycles. The zero-order valence-electron chi connectivity index (χ0n) is 16.9. The van der Waals surface area contributed by atoms with E-state index in [0.717, 1.165) is 12.0 Å². The van der Waals surface area contributed by atoms with Crippen molar-refractivity contribution < 1.29 is 13.9 Å². The molecule has 158 valence electrons. The van der Waals surface area contributed by atoms with E-state index in [-0.39, 0.29) is 35.7 Å². The molecule has 0 bridgehead atoms. The van der Waals surface area contributed by atoms with Crippen LogP contribution in [-0.2, 0) is 6.42 Å². The molecule has 2 aromatic carbocycles. The average Bonchev–Trinajstić information content (AvgIpc) is 2.69. The molecule has 8 heteroatoms. The number of aliphatic imine (C=N–C) groups is 1. The molecule has 0 spiro atoms. The van der Waals surface area contributed by atoms with Crippen LogP contribution in [0.2, 0.25) is 0 Å². The summed E-state index contributed by atoms with van der Waals surface area (Å²) in [4.78, 5) is 17.8. The standard InChI is InChI=1S/C21H27FN4O2.HI/c1-23-21(25-12-13-28-19-9-5-8-18(22)15-19)24-11-10-16-6-4-7-17(14-16)20(27)26(2)3;/h4-9,14-15H,10-13H2,1-3H3,(H2,23,24,25);1H. The lowest BCUT2D eigenvalue weighted by molar-refractivity contribution is 0.0827. The van der Waals surface area contributed by atoms with Crippen molar-refractivity contribution in [3.05, 3.63) is 65.5 Å². The molecule has 0 heterocycles. The average molecular weight is 514 g/mol. The Kier molecular flexibility index (Phi) is 11.0. The number of amides is 1. The van der Waals surface area contributed by atoms with Gasteiger partial charge in [0.2, 0.25) is 0 Å². The van der Waals surface area contributed by atoms with E-state index in [0.29, 0.717) is 37.0 Å². The molecule has 2 rings (SSSR count). The predicted molar refractivity (Wildman–Crippen MR) is 125 cm³/mol. The Balaban J connectivity index is 0.00000420. The Bertz CT molecular complexity index is 815. The highest BCUT2D eigenvalue weighted by Crippen LogP contribution is 2.11. The van der Waals surface area contributed by atoms with Crippen LogP contribution in [0.5, 0.6) is 5.75 Å². The van der Waals surface area contributed by atoms with Crippen LogP contribution in [0.4, 0.5) is 4.39 Å². The molecule has 0 aliphatic carbocycles. The molecule has 0 saturated carbocycles. The van der Waals surface area contributed by atoms with Crippen molar-refractivity contribution in [1.29, 1.82) is 0 Å². The molecule has 1 amide bonds. The zero-order valence-corrected chi connectivity index (χ0v) is 19.3. The van der Waals surface area contributed by atoms with Crippen molar-refractivity contribution in [1.82, 2.24) is 15.5 Å². The van der Waals surface area contributed by atoms with Gasteiger partial charge in [-0.2, -0.15) is 0 Å². The highest BCUT2D eigenvalue weighted by atomic mass is 127. The van der Waals surface area contributed by atoms with Crippen molar-refractivity contribution in [3.8, 4) is 5.75 Å². The van der Waals surface area contributed by atoms with Gasteiger partial charge in [-0.25, -0.2) is 4.39 Å². The van der Waals surface area contributed by atoms with Crippen LogP contribution in [0, 0.1) is 5.82 Å². The Morgan fingerprint density at radius 1 is 1.10 bits per heavy atom. The molecule has 6 nitrogen and oxygen atoms in total. The third-order valence-electron chi connectivity index (χ3n) is 3.97. The molecular weight excluding hydrogens is 486 g/mol. The van der Waals surface area contributed by atoms with E-state index in [1.807, 2.05) is 24.3 Å². The molecule has 0 aliphatic rings. The zero-order chi connectivity index (χ0) is 20.4. The van der Waals surface area contributed by atoms with E-state index in [9.17, 15) is 9.18 Å². The van der Waals surface area contributed by atoms with Crippen LogP contribution in [0.3, 0.4) is 0 Å². The number of carbonyl (C=O) groups excluding carboxylic acids is 1. The third kappa shape index (κ3) is 8.68. The summed E-state index contributed by atoms with van der Waals surface area (Å²) in [6, 6.07) is 13.7. The summed E-state index contributed by atoms with van der Waals surface area (Å²) in [7, 11) is 5.17. The maximum absolute atomic E-state index is 13.1. The number of guanidine groups is 1. The van der Waals surface area contributed by atoms with Gasteiger partial charge in [0.25, 0.3) is 5.91 Å². The van der Waals surface area contributed by atoms with E-state index in [2.05, 4.69) is 15.6 Å². The first-order chi connectivity index (χ1) is 13.5. The summed E-state index contributed by atoms with van der Waals surface area (Å²) in [5, 5.41) is 6.37. The van der Waals surface area contributed by atoms with Gasteiger partial charge in [0.15, 0.2) is 5.96 Å². The van der Waals surface area contributed by atoms with Gasteiger partial charge in [-0.1, -0.05) is 18.2 Å². The van der Waals surface area contributed by atoms with Gasteiger partial charge >= 0.3 is 0 Å². The molecule has 0 atom stereocenters. The number of carbonyl (C=O) groups is 1. The fourth-order valence-electron chi connectivity index (χ4n) is 2.56. The Labute approximate surface area is 188 Å². The minimum Gasteiger partial charge on any atom is -0.492 e. The molecule has 0 unspecified atom stereocenters. The summed E-state index contributed by atoms with van der Waals surface area (Å²) in [6.45, 7) is 1.59. The number of nitrogens with one attached hydrogen (secondary N) is 2. The largest absolute Gasteiger partial charge is 0.492 e. The molecule has 2 aromatic rings. The lowest BCUT2D eigenvalue weighted by atomic mass is 10.1. The van der Waals surface area contributed by atoms with Crippen molar-refractivity contribution in [2.45, 2.75) is 6.42 Å². The molecule has 0 aromatic heterocycles. The van der Waals surface area contributed by atoms with E-state index in [4.69, 9.17) is 4.74 Å². The number of hydrogen-bond donors (Lipinski definition) is 2. The quantitative estimate of drug-likeness (QED) is 0.246.